The molecule has 144 valence electrons. The number of anilines is 1. The van der Waals surface area contributed by atoms with Gasteiger partial charge in [0.2, 0.25) is 5.91 Å². The van der Waals surface area contributed by atoms with Gasteiger partial charge in [-0.05, 0) is 61.1 Å². The van der Waals surface area contributed by atoms with E-state index >= 15 is 0 Å². The van der Waals surface area contributed by atoms with Gasteiger partial charge in [-0.1, -0.05) is 40.2 Å². The minimum Gasteiger partial charge on any atom is -0.324 e. The first-order valence-corrected chi connectivity index (χ1v) is 9.98. The molecule has 2 aromatic rings. The number of carbonyl (C=O) groups excluding carboxylic acids is 3. The fourth-order valence-electron chi connectivity index (χ4n) is 4.06. The van der Waals surface area contributed by atoms with E-state index in [0.29, 0.717) is 12.1 Å². The molecule has 0 radical (unpaired) electrons. The van der Waals surface area contributed by atoms with Crippen molar-refractivity contribution in [3.8, 4) is 0 Å². The Kier molecular flexibility index (Phi) is 4.71. The number of nitrogens with one attached hydrogen (secondary N) is 2. The van der Waals surface area contributed by atoms with Crippen LogP contribution in [0.25, 0.3) is 0 Å². The molecule has 1 spiro atoms. The van der Waals surface area contributed by atoms with E-state index in [4.69, 9.17) is 0 Å². The Morgan fingerprint density at radius 1 is 1.25 bits per heavy atom. The van der Waals surface area contributed by atoms with Crippen molar-refractivity contribution in [2.24, 2.45) is 0 Å². The smallest absolute Gasteiger partial charge is 0.324 e. The van der Waals surface area contributed by atoms with Gasteiger partial charge in [-0.15, -0.1) is 0 Å². The van der Waals surface area contributed by atoms with Crippen LogP contribution in [-0.2, 0) is 21.5 Å². The van der Waals surface area contributed by atoms with Crippen LogP contribution in [0.15, 0.2) is 46.9 Å². The molecule has 7 heteroatoms. The van der Waals surface area contributed by atoms with Crippen LogP contribution in [0.3, 0.4) is 0 Å². The molecule has 0 unspecified atom stereocenters. The van der Waals surface area contributed by atoms with E-state index in [9.17, 15) is 14.4 Å². The predicted octanol–water partition coefficient (Wildman–Crippen LogP) is 3.48. The highest BCUT2D eigenvalue weighted by Crippen LogP contribution is 2.39. The summed E-state index contributed by atoms with van der Waals surface area (Å²) in [5.74, 6) is -0.762. The van der Waals surface area contributed by atoms with Crippen molar-refractivity contribution in [2.75, 3.05) is 11.9 Å². The summed E-state index contributed by atoms with van der Waals surface area (Å²) in [7, 11) is 0. The quantitative estimate of drug-likeness (QED) is 0.715. The second-order valence-electron chi connectivity index (χ2n) is 7.24. The first-order chi connectivity index (χ1) is 13.4. The third kappa shape index (κ3) is 3.09. The van der Waals surface area contributed by atoms with E-state index in [-0.39, 0.29) is 12.5 Å². The maximum Gasteiger partial charge on any atom is 0.325 e. The summed E-state index contributed by atoms with van der Waals surface area (Å²) in [5.41, 5.74) is 2.39. The molecular weight excluding hydrogens is 422 g/mol. The molecule has 1 saturated heterocycles. The zero-order chi connectivity index (χ0) is 19.9. The summed E-state index contributed by atoms with van der Waals surface area (Å²) in [6.45, 7) is 1.56. The van der Waals surface area contributed by atoms with Crippen LogP contribution in [0, 0.1) is 6.92 Å². The number of hydrogen-bond donors (Lipinski definition) is 2. The van der Waals surface area contributed by atoms with Crippen LogP contribution >= 0.6 is 15.9 Å². The van der Waals surface area contributed by atoms with Crippen LogP contribution < -0.4 is 10.6 Å². The summed E-state index contributed by atoms with van der Waals surface area (Å²) in [5, 5.41) is 5.65. The van der Waals surface area contributed by atoms with Gasteiger partial charge in [-0.2, -0.15) is 0 Å². The Morgan fingerprint density at radius 2 is 2.04 bits per heavy atom. The van der Waals surface area contributed by atoms with E-state index in [1.165, 1.54) is 0 Å². The highest BCUT2D eigenvalue weighted by molar-refractivity contribution is 9.10. The Balaban J connectivity index is 1.55. The third-order valence-corrected chi connectivity index (χ3v) is 5.91. The Morgan fingerprint density at radius 3 is 2.82 bits per heavy atom. The van der Waals surface area contributed by atoms with Gasteiger partial charge < -0.3 is 10.6 Å². The molecule has 1 aliphatic heterocycles. The fourth-order valence-corrected chi connectivity index (χ4v) is 4.53. The number of hydrogen-bond acceptors (Lipinski definition) is 3. The van der Waals surface area contributed by atoms with Gasteiger partial charge in [-0.3, -0.25) is 14.5 Å². The Labute approximate surface area is 171 Å². The molecular formula is C21H20BrN3O3. The largest absolute Gasteiger partial charge is 0.325 e. The van der Waals surface area contributed by atoms with E-state index in [1.807, 2.05) is 43.3 Å². The molecule has 4 amide bonds. The number of fused-ring (bicyclic) bond motifs is 2. The molecule has 1 fully saturated rings. The van der Waals surface area contributed by atoms with E-state index in [2.05, 4.69) is 26.6 Å². The second kappa shape index (κ2) is 7.05. The van der Waals surface area contributed by atoms with E-state index in [1.54, 1.807) is 6.07 Å². The average molecular weight is 442 g/mol. The van der Waals surface area contributed by atoms with E-state index in [0.717, 1.165) is 38.9 Å². The molecule has 0 saturated carbocycles. The highest BCUT2D eigenvalue weighted by Gasteiger charge is 2.54. The monoisotopic (exact) mass is 441 g/mol. The van der Waals surface area contributed by atoms with Gasteiger partial charge in [-0.25, -0.2) is 4.79 Å². The Hall–Kier alpha value is -2.67. The first kappa shape index (κ1) is 18.7. The minimum absolute atomic E-state index is 0.315. The van der Waals surface area contributed by atoms with Gasteiger partial charge in [0.05, 0.1) is 0 Å². The first-order valence-electron chi connectivity index (χ1n) is 9.19. The summed E-state index contributed by atoms with van der Waals surface area (Å²) in [4.78, 5) is 39.3. The Bertz CT molecular complexity index is 991. The van der Waals surface area contributed by atoms with Crippen molar-refractivity contribution in [3.63, 3.8) is 0 Å². The second-order valence-corrected chi connectivity index (χ2v) is 8.16. The van der Waals surface area contributed by atoms with Crippen LogP contribution in [0.1, 0.15) is 29.5 Å². The summed E-state index contributed by atoms with van der Waals surface area (Å²) >= 11 is 3.38. The van der Waals surface area contributed by atoms with Crippen molar-refractivity contribution in [1.82, 2.24) is 10.2 Å². The molecule has 1 atom stereocenters. The zero-order valence-electron chi connectivity index (χ0n) is 15.4. The number of rotatable bonds is 3. The normalized spacial score (nSPS) is 20.9. The lowest BCUT2D eigenvalue weighted by Crippen LogP contribution is -2.47. The zero-order valence-corrected chi connectivity index (χ0v) is 17.0. The van der Waals surface area contributed by atoms with Gasteiger partial charge in [0, 0.05) is 10.2 Å². The number of imide groups is 1. The minimum atomic E-state index is -1.06. The molecule has 2 aromatic carbocycles. The maximum atomic E-state index is 13.2. The molecule has 1 aliphatic carbocycles. The topological polar surface area (TPSA) is 78.5 Å². The molecule has 0 bridgehead atoms. The number of nitrogens with zero attached hydrogens (tertiary/aromatic N) is 1. The van der Waals surface area contributed by atoms with Crippen molar-refractivity contribution >= 4 is 39.5 Å². The number of halogens is 1. The molecule has 28 heavy (non-hydrogen) atoms. The summed E-state index contributed by atoms with van der Waals surface area (Å²) in [6, 6.07) is 12.7. The summed E-state index contributed by atoms with van der Waals surface area (Å²) in [6.07, 6.45) is 2.23. The van der Waals surface area contributed by atoms with Crippen LogP contribution in [-0.4, -0.2) is 29.3 Å². The number of aryl methyl sites for hydroxylation is 2. The van der Waals surface area contributed by atoms with Gasteiger partial charge in [0.1, 0.15) is 12.1 Å². The van der Waals surface area contributed by atoms with Crippen LogP contribution in [0.4, 0.5) is 10.5 Å². The fraction of sp³-hybridized carbons (Fsp3) is 0.286. The van der Waals surface area contributed by atoms with Gasteiger partial charge in [0.15, 0.2) is 0 Å². The van der Waals surface area contributed by atoms with E-state index < -0.39 is 17.5 Å². The molecule has 0 aromatic heterocycles. The van der Waals surface area contributed by atoms with Crippen LogP contribution in [0.5, 0.6) is 0 Å². The molecule has 2 aliphatic rings. The van der Waals surface area contributed by atoms with Crippen molar-refractivity contribution in [1.29, 1.82) is 0 Å². The SMILES string of the molecule is Cc1cc(Br)ccc1NC(=O)CN1C(=O)N[C@@]2(CCCc3ccccc32)C1=O. The van der Waals surface area contributed by atoms with Crippen molar-refractivity contribution < 1.29 is 14.4 Å². The molecule has 2 N–H and O–H groups in total. The average Bonchev–Trinajstić information content (AvgIpc) is 2.89. The standard InChI is InChI=1S/C21H20BrN3O3/c1-13-11-15(22)8-9-17(13)23-18(26)12-25-19(27)21(24-20(25)28)10-4-6-14-5-2-3-7-16(14)21/h2-3,5,7-9,11H,4,6,10,12H2,1H3,(H,23,26)(H,24,28)/t21-/m1/s1. The van der Waals surface area contributed by atoms with Gasteiger partial charge >= 0.3 is 6.03 Å². The molecule has 4 rings (SSSR count). The lowest BCUT2D eigenvalue weighted by Gasteiger charge is -2.33. The lowest BCUT2D eigenvalue weighted by atomic mass is 9.76. The molecule has 6 nitrogen and oxygen atoms in total. The predicted molar refractivity (Wildman–Crippen MR) is 109 cm³/mol. The summed E-state index contributed by atoms with van der Waals surface area (Å²) < 4.78 is 0.912. The number of carbonyl (C=O) groups is 3. The van der Waals surface area contributed by atoms with Crippen LogP contribution in [0.2, 0.25) is 0 Å². The lowest BCUT2D eigenvalue weighted by molar-refractivity contribution is -0.134. The highest BCUT2D eigenvalue weighted by atomic mass is 79.9. The number of amides is 4. The third-order valence-electron chi connectivity index (χ3n) is 5.42. The number of urea groups is 1. The number of benzene rings is 2. The maximum absolute atomic E-state index is 13.2. The van der Waals surface area contributed by atoms with Crippen molar-refractivity contribution in [2.45, 2.75) is 31.7 Å². The molecule has 1 heterocycles. The van der Waals surface area contributed by atoms with Crippen molar-refractivity contribution in [3.05, 3.63) is 63.6 Å². The van der Waals surface area contributed by atoms with Gasteiger partial charge in [0.25, 0.3) is 5.91 Å².